The van der Waals surface area contributed by atoms with Crippen LogP contribution < -0.4 is 4.74 Å². The van der Waals surface area contributed by atoms with Crippen molar-refractivity contribution in [3.8, 4) is 5.95 Å². The van der Waals surface area contributed by atoms with Crippen molar-refractivity contribution in [2.75, 3.05) is 7.11 Å². The lowest BCUT2D eigenvalue weighted by molar-refractivity contribution is 0.109. The average Bonchev–Trinajstić information content (AvgIpc) is 2.34. The molecule has 0 aromatic carbocycles. The third-order valence-electron chi connectivity index (χ3n) is 0.919. The molecule has 0 spiro atoms. The highest BCUT2D eigenvalue weighted by Crippen LogP contribution is 2.12. The van der Waals surface area contributed by atoms with Gasteiger partial charge in [0, 0.05) is 6.07 Å². The van der Waals surface area contributed by atoms with Crippen LogP contribution in [0.5, 0.6) is 5.95 Å². The van der Waals surface area contributed by atoms with Gasteiger partial charge < -0.3 is 9.15 Å². The van der Waals surface area contributed by atoms with Crippen LogP contribution in [0.4, 0.5) is 0 Å². The molecule has 3 heteroatoms. The Morgan fingerprint density at radius 2 is 2.44 bits per heavy atom. The standard InChI is InChI=1S/C6H6O3/c1-8-6-3-2-5(4-7)9-6/h2-4H,1H3. The van der Waals surface area contributed by atoms with E-state index in [2.05, 4.69) is 4.74 Å². The first-order valence-corrected chi connectivity index (χ1v) is 2.46. The number of ether oxygens (including phenoxy) is 1. The van der Waals surface area contributed by atoms with Crippen LogP contribution in [0.3, 0.4) is 0 Å². The minimum atomic E-state index is 0.284. The number of aldehydes is 1. The van der Waals surface area contributed by atoms with Crippen LogP contribution in [0.25, 0.3) is 0 Å². The molecule has 0 saturated heterocycles. The van der Waals surface area contributed by atoms with E-state index in [1.165, 1.54) is 7.11 Å². The van der Waals surface area contributed by atoms with Crippen LogP contribution in [-0.4, -0.2) is 13.4 Å². The second-order valence-electron chi connectivity index (χ2n) is 1.48. The van der Waals surface area contributed by atoms with Crippen molar-refractivity contribution in [1.29, 1.82) is 0 Å². The predicted octanol–water partition coefficient (Wildman–Crippen LogP) is 1.10. The van der Waals surface area contributed by atoms with Gasteiger partial charge in [-0.1, -0.05) is 0 Å². The van der Waals surface area contributed by atoms with Gasteiger partial charge >= 0.3 is 0 Å². The Bertz CT molecular complexity index is 202. The molecular weight excluding hydrogens is 120 g/mol. The molecule has 0 N–H and O–H groups in total. The lowest BCUT2D eigenvalue weighted by Gasteiger charge is -1.87. The summed E-state index contributed by atoms with van der Waals surface area (Å²) in [5.74, 6) is 0.643. The van der Waals surface area contributed by atoms with Crippen molar-refractivity contribution in [2.24, 2.45) is 0 Å². The van der Waals surface area contributed by atoms with E-state index in [4.69, 9.17) is 4.42 Å². The molecule has 1 heterocycles. The summed E-state index contributed by atoms with van der Waals surface area (Å²) in [7, 11) is 1.48. The zero-order valence-corrected chi connectivity index (χ0v) is 4.96. The van der Waals surface area contributed by atoms with E-state index in [0.29, 0.717) is 12.2 Å². The molecule has 1 aromatic heterocycles. The van der Waals surface area contributed by atoms with Crippen LogP contribution in [0, 0.1) is 0 Å². The number of methoxy groups -OCH3 is 1. The van der Waals surface area contributed by atoms with E-state index in [-0.39, 0.29) is 5.76 Å². The van der Waals surface area contributed by atoms with Crippen LogP contribution in [0.15, 0.2) is 16.5 Å². The highest BCUT2D eigenvalue weighted by molar-refractivity contribution is 5.70. The minimum absolute atomic E-state index is 0.284. The molecule has 48 valence electrons. The Labute approximate surface area is 52.2 Å². The fourth-order valence-electron chi connectivity index (χ4n) is 0.507. The van der Waals surface area contributed by atoms with Gasteiger partial charge in [0.15, 0.2) is 12.0 Å². The largest absolute Gasteiger partial charge is 0.468 e. The summed E-state index contributed by atoms with van der Waals surface area (Å²) in [5.41, 5.74) is 0. The Balaban J connectivity index is 2.86. The van der Waals surface area contributed by atoms with Crippen molar-refractivity contribution in [3.05, 3.63) is 17.9 Å². The minimum Gasteiger partial charge on any atom is -0.468 e. The van der Waals surface area contributed by atoms with Crippen molar-refractivity contribution in [3.63, 3.8) is 0 Å². The summed E-state index contributed by atoms with van der Waals surface area (Å²) < 4.78 is 9.46. The van der Waals surface area contributed by atoms with Gasteiger partial charge in [-0.25, -0.2) is 0 Å². The number of hydrogen-bond acceptors (Lipinski definition) is 3. The molecular formula is C6H6O3. The van der Waals surface area contributed by atoms with Crippen LogP contribution >= 0.6 is 0 Å². The molecule has 0 fully saturated rings. The Hall–Kier alpha value is -1.25. The average molecular weight is 126 g/mol. The molecule has 0 atom stereocenters. The third kappa shape index (κ3) is 1.10. The Morgan fingerprint density at radius 3 is 2.78 bits per heavy atom. The fourth-order valence-corrected chi connectivity index (χ4v) is 0.507. The number of carbonyl (C=O) groups excluding carboxylic acids is 1. The third-order valence-corrected chi connectivity index (χ3v) is 0.919. The molecule has 9 heavy (non-hydrogen) atoms. The highest BCUT2D eigenvalue weighted by Gasteiger charge is 1.96. The molecule has 0 unspecified atom stereocenters. The maximum absolute atomic E-state index is 9.99. The maximum atomic E-state index is 9.99. The highest BCUT2D eigenvalue weighted by atomic mass is 16.6. The van der Waals surface area contributed by atoms with Gasteiger partial charge in [-0.3, -0.25) is 4.79 Å². The summed E-state index contributed by atoms with van der Waals surface area (Å²) in [4.78, 5) is 9.99. The molecule has 3 nitrogen and oxygen atoms in total. The van der Waals surface area contributed by atoms with E-state index < -0.39 is 0 Å². The SMILES string of the molecule is COc1ccc(C=O)o1. The summed E-state index contributed by atoms with van der Waals surface area (Å²) in [6.07, 6.45) is 0.628. The predicted molar refractivity (Wildman–Crippen MR) is 30.6 cm³/mol. The zero-order valence-electron chi connectivity index (χ0n) is 4.96. The smallest absolute Gasteiger partial charge is 0.284 e. The number of carbonyl (C=O) groups is 1. The number of furan rings is 1. The van der Waals surface area contributed by atoms with Crippen molar-refractivity contribution >= 4 is 6.29 Å². The molecule has 1 aromatic rings. The van der Waals surface area contributed by atoms with Gasteiger partial charge in [-0.2, -0.15) is 0 Å². The first-order chi connectivity index (χ1) is 4.36. The molecule has 0 aliphatic heterocycles. The zero-order chi connectivity index (χ0) is 6.69. The Kier molecular flexibility index (Phi) is 1.53. The summed E-state index contributed by atoms with van der Waals surface area (Å²) >= 11 is 0. The summed E-state index contributed by atoms with van der Waals surface area (Å²) in [6.45, 7) is 0. The van der Waals surface area contributed by atoms with Gasteiger partial charge in [0.1, 0.15) is 0 Å². The lowest BCUT2D eigenvalue weighted by atomic mass is 10.5. The fraction of sp³-hybridized carbons (Fsp3) is 0.167. The molecule has 0 saturated carbocycles. The molecule has 0 aliphatic carbocycles. The van der Waals surface area contributed by atoms with Crippen molar-refractivity contribution in [2.45, 2.75) is 0 Å². The van der Waals surface area contributed by atoms with Gasteiger partial charge in [-0.15, -0.1) is 0 Å². The van der Waals surface area contributed by atoms with E-state index in [1.54, 1.807) is 12.1 Å². The second kappa shape index (κ2) is 2.35. The van der Waals surface area contributed by atoms with Crippen LogP contribution in [0.1, 0.15) is 10.6 Å². The maximum Gasteiger partial charge on any atom is 0.284 e. The van der Waals surface area contributed by atoms with Gasteiger partial charge in [0.25, 0.3) is 5.95 Å². The first-order valence-electron chi connectivity index (χ1n) is 2.46. The van der Waals surface area contributed by atoms with Crippen molar-refractivity contribution in [1.82, 2.24) is 0 Å². The summed E-state index contributed by atoms with van der Waals surface area (Å²) in [6, 6.07) is 3.13. The van der Waals surface area contributed by atoms with Gasteiger partial charge in [0.05, 0.1) is 7.11 Å². The monoisotopic (exact) mass is 126 g/mol. The molecule has 0 amide bonds. The van der Waals surface area contributed by atoms with Gasteiger partial charge in [-0.05, 0) is 6.07 Å². The van der Waals surface area contributed by atoms with Crippen LogP contribution in [0.2, 0.25) is 0 Å². The van der Waals surface area contributed by atoms with Crippen molar-refractivity contribution < 1.29 is 13.9 Å². The second-order valence-corrected chi connectivity index (χ2v) is 1.48. The summed E-state index contributed by atoms with van der Waals surface area (Å²) in [5, 5.41) is 0. The molecule has 0 radical (unpaired) electrons. The first kappa shape index (κ1) is 5.88. The van der Waals surface area contributed by atoms with Gasteiger partial charge in [0.2, 0.25) is 0 Å². The quantitative estimate of drug-likeness (QED) is 0.557. The normalized spacial score (nSPS) is 9.00. The van der Waals surface area contributed by atoms with E-state index in [1.807, 2.05) is 0 Å². The molecule has 0 bridgehead atoms. The van der Waals surface area contributed by atoms with E-state index in [9.17, 15) is 4.79 Å². The topological polar surface area (TPSA) is 39.4 Å². The lowest BCUT2D eigenvalue weighted by Crippen LogP contribution is -1.76. The van der Waals surface area contributed by atoms with Crippen LogP contribution in [-0.2, 0) is 0 Å². The molecule has 0 aliphatic rings. The molecule has 1 rings (SSSR count). The Morgan fingerprint density at radius 1 is 1.67 bits per heavy atom. The number of rotatable bonds is 2. The van der Waals surface area contributed by atoms with E-state index in [0.717, 1.165) is 0 Å². The number of hydrogen-bond donors (Lipinski definition) is 0. The van der Waals surface area contributed by atoms with E-state index >= 15 is 0 Å².